The summed E-state index contributed by atoms with van der Waals surface area (Å²) in [5.41, 5.74) is 0. The molecule has 0 amide bonds. The van der Waals surface area contributed by atoms with E-state index in [0.29, 0.717) is 12.1 Å². The maximum absolute atomic E-state index is 5.50. The van der Waals surface area contributed by atoms with Gasteiger partial charge in [0.25, 0.3) is 0 Å². The van der Waals surface area contributed by atoms with E-state index in [2.05, 4.69) is 38.2 Å². The number of hydrogen-bond acceptors (Lipinski definition) is 3. The highest BCUT2D eigenvalue weighted by molar-refractivity contribution is 5.05. The van der Waals surface area contributed by atoms with E-state index < -0.39 is 0 Å². The van der Waals surface area contributed by atoms with Crippen molar-refractivity contribution in [2.24, 2.45) is 0 Å². The lowest BCUT2D eigenvalue weighted by Gasteiger charge is -2.25. The predicted octanol–water partition coefficient (Wildman–Crippen LogP) is 3.05. The molecule has 0 aliphatic rings. The monoisotopic (exact) mass is 238 g/mol. The van der Waals surface area contributed by atoms with Crippen LogP contribution in [0.5, 0.6) is 0 Å². The second kappa shape index (κ2) is 7.51. The fourth-order valence-corrected chi connectivity index (χ4v) is 2.10. The number of nitrogens with zero attached hydrogens (tertiary/aromatic N) is 1. The van der Waals surface area contributed by atoms with E-state index >= 15 is 0 Å². The van der Waals surface area contributed by atoms with Crippen LogP contribution in [0.1, 0.15) is 44.9 Å². The largest absolute Gasteiger partial charge is 0.468 e. The van der Waals surface area contributed by atoms with Crippen molar-refractivity contribution in [3.63, 3.8) is 0 Å². The van der Waals surface area contributed by atoms with Gasteiger partial charge in [-0.2, -0.15) is 0 Å². The van der Waals surface area contributed by atoms with Crippen molar-refractivity contribution >= 4 is 0 Å². The topological polar surface area (TPSA) is 28.4 Å². The molecule has 2 unspecified atom stereocenters. The molecule has 0 fully saturated rings. The number of furan rings is 1. The summed E-state index contributed by atoms with van der Waals surface area (Å²) in [6.45, 7) is 5.42. The average molecular weight is 238 g/mol. The highest BCUT2D eigenvalue weighted by Gasteiger charge is 2.17. The molecular weight excluding hydrogens is 212 g/mol. The van der Waals surface area contributed by atoms with E-state index in [0.717, 1.165) is 12.3 Å². The molecule has 1 heterocycles. The molecule has 0 aliphatic carbocycles. The fourth-order valence-electron chi connectivity index (χ4n) is 2.10. The van der Waals surface area contributed by atoms with Crippen molar-refractivity contribution < 1.29 is 4.42 Å². The minimum atomic E-state index is 0.316. The van der Waals surface area contributed by atoms with Crippen molar-refractivity contribution in [2.75, 3.05) is 20.6 Å². The molecule has 17 heavy (non-hydrogen) atoms. The normalized spacial score (nSPS) is 15.1. The van der Waals surface area contributed by atoms with Crippen molar-refractivity contribution in [1.82, 2.24) is 10.2 Å². The highest BCUT2D eigenvalue weighted by Crippen LogP contribution is 2.18. The van der Waals surface area contributed by atoms with Gasteiger partial charge in [-0.05, 0) is 39.1 Å². The van der Waals surface area contributed by atoms with Gasteiger partial charge in [-0.3, -0.25) is 4.90 Å². The first-order valence-electron chi connectivity index (χ1n) is 6.62. The molecule has 98 valence electrons. The Kier molecular flexibility index (Phi) is 6.30. The first-order valence-corrected chi connectivity index (χ1v) is 6.62. The highest BCUT2D eigenvalue weighted by atomic mass is 16.3. The Morgan fingerprint density at radius 3 is 2.59 bits per heavy atom. The molecule has 0 radical (unpaired) electrons. The second-order valence-electron chi connectivity index (χ2n) is 4.80. The zero-order chi connectivity index (χ0) is 12.7. The Labute approximate surface area is 105 Å². The van der Waals surface area contributed by atoms with Crippen LogP contribution in [-0.2, 0) is 0 Å². The molecule has 1 aromatic heterocycles. The summed E-state index contributed by atoms with van der Waals surface area (Å²) in [7, 11) is 4.19. The Morgan fingerprint density at radius 2 is 2.12 bits per heavy atom. The lowest BCUT2D eigenvalue weighted by Crippen LogP contribution is -2.36. The van der Waals surface area contributed by atoms with Crippen LogP contribution in [-0.4, -0.2) is 31.6 Å². The smallest absolute Gasteiger partial charge is 0.122 e. The summed E-state index contributed by atoms with van der Waals surface area (Å²) in [5.74, 6) is 1.04. The summed E-state index contributed by atoms with van der Waals surface area (Å²) in [6.07, 6.45) is 5.41. The molecule has 0 aliphatic heterocycles. The summed E-state index contributed by atoms with van der Waals surface area (Å²) < 4.78 is 5.50. The minimum Gasteiger partial charge on any atom is -0.468 e. The van der Waals surface area contributed by atoms with Crippen molar-refractivity contribution in [3.8, 4) is 0 Å². The number of likely N-dealkylation sites (N-methyl/N-ethyl adjacent to an activating group) is 1. The van der Waals surface area contributed by atoms with Gasteiger partial charge >= 0.3 is 0 Å². The zero-order valence-corrected chi connectivity index (χ0v) is 11.6. The fraction of sp³-hybridized carbons (Fsp3) is 0.714. The number of nitrogens with one attached hydrogen (secondary N) is 1. The van der Waals surface area contributed by atoms with E-state index in [1.165, 1.54) is 19.3 Å². The SMILES string of the molecule is CCCC(CC)NCC(c1ccco1)N(C)C. The minimum absolute atomic E-state index is 0.316. The molecule has 0 saturated heterocycles. The van der Waals surface area contributed by atoms with E-state index in [4.69, 9.17) is 4.42 Å². The Morgan fingerprint density at radius 1 is 1.35 bits per heavy atom. The van der Waals surface area contributed by atoms with Gasteiger partial charge in [0.05, 0.1) is 12.3 Å². The first kappa shape index (κ1) is 14.3. The van der Waals surface area contributed by atoms with Crippen LogP contribution in [0.4, 0.5) is 0 Å². The van der Waals surface area contributed by atoms with Gasteiger partial charge in [0.1, 0.15) is 5.76 Å². The first-order chi connectivity index (χ1) is 8.19. The van der Waals surface area contributed by atoms with Crippen molar-refractivity contribution in [1.29, 1.82) is 0 Å². The standard InChI is InChI=1S/C14H26N2O/c1-5-8-12(6-2)15-11-13(16(3)4)14-9-7-10-17-14/h7,9-10,12-13,15H,5-6,8,11H2,1-4H3. The van der Waals surface area contributed by atoms with Crippen LogP contribution >= 0.6 is 0 Å². The van der Waals surface area contributed by atoms with Crippen LogP contribution in [0.2, 0.25) is 0 Å². The third-order valence-electron chi connectivity index (χ3n) is 3.22. The lowest BCUT2D eigenvalue weighted by atomic mass is 10.1. The lowest BCUT2D eigenvalue weighted by molar-refractivity contribution is 0.241. The molecule has 0 spiro atoms. The Bertz CT molecular complexity index is 282. The molecule has 3 nitrogen and oxygen atoms in total. The van der Waals surface area contributed by atoms with Crippen LogP contribution in [0.3, 0.4) is 0 Å². The predicted molar refractivity (Wildman–Crippen MR) is 72.1 cm³/mol. The van der Waals surface area contributed by atoms with Gasteiger partial charge in [-0.15, -0.1) is 0 Å². The third-order valence-corrected chi connectivity index (χ3v) is 3.22. The maximum Gasteiger partial charge on any atom is 0.122 e. The molecule has 2 atom stereocenters. The van der Waals surface area contributed by atoms with Gasteiger partial charge in [0.15, 0.2) is 0 Å². The molecule has 0 bridgehead atoms. The molecule has 0 saturated carbocycles. The summed E-state index contributed by atoms with van der Waals surface area (Å²) in [5, 5.41) is 3.64. The van der Waals surface area contributed by atoms with Crippen molar-refractivity contribution in [3.05, 3.63) is 24.2 Å². The van der Waals surface area contributed by atoms with Crippen LogP contribution in [0.25, 0.3) is 0 Å². The summed E-state index contributed by atoms with van der Waals surface area (Å²) in [6, 6.07) is 4.94. The van der Waals surface area contributed by atoms with Gasteiger partial charge in [0.2, 0.25) is 0 Å². The zero-order valence-electron chi connectivity index (χ0n) is 11.6. The quantitative estimate of drug-likeness (QED) is 0.754. The van der Waals surface area contributed by atoms with E-state index in [9.17, 15) is 0 Å². The van der Waals surface area contributed by atoms with Crippen LogP contribution in [0, 0.1) is 0 Å². The average Bonchev–Trinajstić information content (AvgIpc) is 2.81. The number of hydrogen-bond donors (Lipinski definition) is 1. The molecule has 3 heteroatoms. The molecule has 0 aromatic carbocycles. The van der Waals surface area contributed by atoms with Crippen molar-refractivity contribution in [2.45, 2.75) is 45.2 Å². The number of rotatable bonds is 8. The van der Waals surface area contributed by atoms with Gasteiger partial charge < -0.3 is 9.73 Å². The summed E-state index contributed by atoms with van der Waals surface area (Å²) >= 11 is 0. The Balaban J connectivity index is 2.50. The van der Waals surface area contributed by atoms with Crippen LogP contribution in [0.15, 0.2) is 22.8 Å². The second-order valence-corrected chi connectivity index (χ2v) is 4.80. The van der Waals surface area contributed by atoms with Gasteiger partial charge in [-0.1, -0.05) is 20.3 Å². The Hall–Kier alpha value is -0.800. The van der Waals surface area contributed by atoms with E-state index in [1.54, 1.807) is 6.26 Å². The van der Waals surface area contributed by atoms with E-state index in [1.807, 2.05) is 12.1 Å². The summed E-state index contributed by atoms with van der Waals surface area (Å²) in [4.78, 5) is 2.20. The molecule has 1 rings (SSSR count). The molecular formula is C14H26N2O. The third kappa shape index (κ3) is 4.52. The molecule has 1 aromatic rings. The van der Waals surface area contributed by atoms with E-state index in [-0.39, 0.29) is 0 Å². The van der Waals surface area contributed by atoms with Gasteiger partial charge in [-0.25, -0.2) is 0 Å². The molecule has 1 N–H and O–H groups in total. The maximum atomic E-state index is 5.50. The van der Waals surface area contributed by atoms with Gasteiger partial charge in [0, 0.05) is 12.6 Å². The van der Waals surface area contributed by atoms with Crippen LogP contribution < -0.4 is 5.32 Å².